The lowest BCUT2D eigenvalue weighted by Crippen LogP contribution is -2.37. The molecule has 5 heteroatoms. The zero-order chi connectivity index (χ0) is 13.7. The lowest BCUT2D eigenvalue weighted by molar-refractivity contribution is 0.0600. The highest BCUT2D eigenvalue weighted by molar-refractivity contribution is 5.88. The molecule has 0 bridgehead atoms. The molecule has 0 saturated carbocycles. The SMILES string of the molecule is CCN1CCCC1CNCc1cc(C(=O)OC)co1. The van der Waals surface area contributed by atoms with Gasteiger partial charge in [-0.3, -0.25) is 4.90 Å². The van der Waals surface area contributed by atoms with Crippen LogP contribution in [0, 0.1) is 0 Å². The lowest BCUT2D eigenvalue weighted by Gasteiger charge is -2.22. The monoisotopic (exact) mass is 266 g/mol. The van der Waals surface area contributed by atoms with Crippen LogP contribution in [-0.4, -0.2) is 43.7 Å². The molecule has 1 aromatic heterocycles. The molecule has 1 aliphatic heterocycles. The lowest BCUT2D eigenvalue weighted by atomic mass is 10.2. The largest absolute Gasteiger partial charge is 0.467 e. The normalized spacial score (nSPS) is 19.8. The molecule has 0 spiro atoms. The second-order valence-electron chi connectivity index (χ2n) is 4.85. The number of nitrogens with zero attached hydrogens (tertiary/aromatic N) is 1. The number of furan rings is 1. The van der Waals surface area contributed by atoms with Crippen molar-refractivity contribution in [2.75, 3.05) is 26.7 Å². The molecule has 0 amide bonds. The van der Waals surface area contributed by atoms with Gasteiger partial charge in [0.25, 0.3) is 0 Å². The standard InChI is InChI=1S/C14H22N2O3/c1-3-16-6-4-5-12(16)8-15-9-13-7-11(10-19-13)14(17)18-2/h7,10,12,15H,3-6,8-9H2,1-2H3. The van der Waals surface area contributed by atoms with E-state index in [-0.39, 0.29) is 5.97 Å². The van der Waals surface area contributed by atoms with Crippen molar-refractivity contribution in [3.8, 4) is 0 Å². The Morgan fingerprint density at radius 1 is 1.63 bits per heavy atom. The highest BCUT2D eigenvalue weighted by Gasteiger charge is 2.22. The van der Waals surface area contributed by atoms with Gasteiger partial charge in [-0.25, -0.2) is 4.79 Å². The van der Waals surface area contributed by atoms with Crippen molar-refractivity contribution in [2.24, 2.45) is 0 Å². The van der Waals surface area contributed by atoms with Crippen LogP contribution in [0.1, 0.15) is 35.9 Å². The van der Waals surface area contributed by atoms with Gasteiger partial charge in [0, 0.05) is 12.6 Å². The van der Waals surface area contributed by atoms with E-state index in [0.29, 0.717) is 18.2 Å². The molecule has 0 aromatic carbocycles. The Hall–Kier alpha value is -1.33. The van der Waals surface area contributed by atoms with Crippen LogP contribution in [0.25, 0.3) is 0 Å². The number of hydrogen-bond donors (Lipinski definition) is 1. The molecule has 1 aliphatic rings. The van der Waals surface area contributed by atoms with E-state index in [9.17, 15) is 4.79 Å². The van der Waals surface area contributed by atoms with Gasteiger partial charge in [-0.15, -0.1) is 0 Å². The zero-order valence-corrected chi connectivity index (χ0v) is 11.6. The highest BCUT2D eigenvalue weighted by atomic mass is 16.5. The van der Waals surface area contributed by atoms with Gasteiger partial charge in [0.05, 0.1) is 19.2 Å². The smallest absolute Gasteiger partial charge is 0.341 e. The van der Waals surface area contributed by atoms with Crippen LogP contribution in [0.2, 0.25) is 0 Å². The molecule has 1 unspecified atom stereocenters. The van der Waals surface area contributed by atoms with E-state index in [2.05, 4.69) is 21.9 Å². The van der Waals surface area contributed by atoms with Gasteiger partial charge in [-0.1, -0.05) is 6.92 Å². The van der Waals surface area contributed by atoms with Gasteiger partial charge in [0.1, 0.15) is 12.0 Å². The van der Waals surface area contributed by atoms with Gasteiger partial charge in [0.15, 0.2) is 0 Å². The Kier molecular flexibility index (Phi) is 4.99. The number of likely N-dealkylation sites (tertiary alicyclic amines) is 1. The number of carbonyl (C=O) groups is 1. The van der Waals surface area contributed by atoms with Crippen LogP contribution in [0.5, 0.6) is 0 Å². The Labute approximate surface area is 113 Å². The highest BCUT2D eigenvalue weighted by Crippen LogP contribution is 2.16. The van der Waals surface area contributed by atoms with Crippen LogP contribution < -0.4 is 5.32 Å². The number of methoxy groups -OCH3 is 1. The van der Waals surface area contributed by atoms with Crippen LogP contribution >= 0.6 is 0 Å². The topological polar surface area (TPSA) is 54.7 Å². The van der Waals surface area contributed by atoms with Gasteiger partial charge in [0.2, 0.25) is 0 Å². The number of nitrogens with one attached hydrogen (secondary N) is 1. The zero-order valence-electron chi connectivity index (χ0n) is 11.6. The van der Waals surface area contributed by atoms with Gasteiger partial charge < -0.3 is 14.5 Å². The van der Waals surface area contributed by atoms with E-state index in [4.69, 9.17) is 4.42 Å². The van der Waals surface area contributed by atoms with Gasteiger partial charge in [-0.2, -0.15) is 0 Å². The quantitative estimate of drug-likeness (QED) is 0.793. The molecule has 2 rings (SSSR count). The first kappa shape index (κ1) is 14.1. The molecule has 1 saturated heterocycles. The molecule has 1 aromatic rings. The molecule has 0 radical (unpaired) electrons. The number of ether oxygens (including phenoxy) is 1. The third-order valence-corrected chi connectivity index (χ3v) is 3.66. The maximum Gasteiger partial charge on any atom is 0.341 e. The fourth-order valence-corrected chi connectivity index (χ4v) is 2.60. The number of carbonyl (C=O) groups excluding carboxylic acids is 1. The fourth-order valence-electron chi connectivity index (χ4n) is 2.60. The van der Waals surface area contributed by atoms with Crippen molar-refractivity contribution in [2.45, 2.75) is 32.4 Å². The molecule has 2 heterocycles. The molecule has 106 valence electrons. The first-order chi connectivity index (χ1) is 9.24. The van der Waals surface area contributed by atoms with Gasteiger partial charge >= 0.3 is 5.97 Å². The summed E-state index contributed by atoms with van der Waals surface area (Å²) in [5, 5.41) is 3.39. The van der Waals surface area contributed by atoms with E-state index in [1.54, 1.807) is 6.07 Å². The summed E-state index contributed by atoms with van der Waals surface area (Å²) >= 11 is 0. The first-order valence-corrected chi connectivity index (χ1v) is 6.85. The van der Waals surface area contributed by atoms with Crippen LogP contribution in [0.4, 0.5) is 0 Å². The molecular formula is C14H22N2O3. The van der Waals surface area contributed by atoms with Gasteiger partial charge in [-0.05, 0) is 32.0 Å². The second-order valence-corrected chi connectivity index (χ2v) is 4.85. The van der Waals surface area contributed by atoms with E-state index in [1.165, 1.54) is 32.8 Å². The van der Waals surface area contributed by atoms with Crippen molar-refractivity contribution < 1.29 is 13.9 Å². The maximum absolute atomic E-state index is 11.3. The fraction of sp³-hybridized carbons (Fsp3) is 0.643. The summed E-state index contributed by atoms with van der Waals surface area (Å²) in [6.07, 6.45) is 3.98. The van der Waals surface area contributed by atoms with Crippen molar-refractivity contribution in [1.29, 1.82) is 0 Å². The molecule has 1 atom stereocenters. The average molecular weight is 266 g/mol. The number of esters is 1. The molecule has 1 fully saturated rings. The minimum absolute atomic E-state index is 0.358. The minimum Gasteiger partial charge on any atom is -0.467 e. The maximum atomic E-state index is 11.3. The van der Waals surface area contributed by atoms with Crippen molar-refractivity contribution in [1.82, 2.24) is 10.2 Å². The summed E-state index contributed by atoms with van der Waals surface area (Å²) in [6, 6.07) is 2.35. The summed E-state index contributed by atoms with van der Waals surface area (Å²) < 4.78 is 9.97. The Balaban J connectivity index is 1.76. The first-order valence-electron chi connectivity index (χ1n) is 6.85. The van der Waals surface area contributed by atoms with E-state index in [1.807, 2.05) is 0 Å². The third kappa shape index (κ3) is 3.58. The van der Waals surface area contributed by atoms with Crippen LogP contribution in [0.3, 0.4) is 0 Å². The molecule has 1 N–H and O–H groups in total. The van der Waals surface area contributed by atoms with Crippen molar-refractivity contribution >= 4 is 5.97 Å². The predicted molar refractivity (Wildman–Crippen MR) is 72.0 cm³/mol. The summed E-state index contributed by atoms with van der Waals surface area (Å²) in [6.45, 7) is 6.12. The van der Waals surface area contributed by atoms with Crippen molar-refractivity contribution in [3.05, 3.63) is 23.7 Å². The number of hydrogen-bond acceptors (Lipinski definition) is 5. The number of likely N-dealkylation sites (N-methyl/N-ethyl adjacent to an activating group) is 1. The minimum atomic E-state index is -0.358. The number of rotatable bonds is 6. The Bertz CT molecular complexity index is 417. The van der Waals surface area contributed by atoms with E-state index in [0.717, 1.165) is 18.8 Å². The van der Waals surface area contributed by atoms with Crippen LogP contribution in [-0.2, 0) is 11.3 Å². The third-order valence-electron chi connectivity index (χ3n) is 3.66. The Morgan fingerprint density at radius 3 is 3.21 bits per heavy atom. The van der Waals surface area contributed by atoms with E-state index >= 15 is 0 Å². The molecular weight excluding hydrogens is 244 g/mol. The molecule has 5 nitrogen and oxygen atoms in total. The molecule has 0 aliphatic carbocycles. The van der Waals surface area contributed by atoms with E-state index < -0.39 is 0 Å². The summed E-state index contributed by atoms with van der Waals surface area (Å²) in [5.74, 6) is 0.407. The summed E-state index contributed by atoms with van der Waals surface area (Å²) in [7, 11) is 1.37. The van der Waals surface area contributed by atoms with Crippen LogP contribution in [0.15, 0.2) is 16.7 Å². The summed E-state index contributed by atoms with van der Waals surface area (Å²) in [5.41, 5.74) is 0.468. The summed E-state index contributed by atoms with van der Waals surface area (Å²) in [4.78, 5) is 13.8. The predicted octanol–water partition coefficient (Wildman–Crippen LogP) is 1.64. The van der Waals surface area contributed by atoms with Crippen molar-refractivity contribution in [3.63, 3.8) is 0 Å². The second kappa shape index (κ2) is 6.73. The Morgan fingerprint density at radius 2 is 2.47 bits per heavy atom. The molecule has 19 heavy (non-hydrogen) atoms. The average Bonchev–Trinajstić information content (AvgIpc) is 3.06.